The fraction of sp³-hybridized carbons (Fsp3) is 0.150. The summed E-state index contributed by atoms with van der Waals surface area (Å²) < 4.78 is 4.88. The molecule has 0 atom stereocenters. The normalized spacial score (nSPS) is 10.8. The Kier molecular flexibility index (Phi) is 6.98. The lowest BCUT2D eigenvalue weighted by Gasteiger charge is -1.97. The summed E-state index contributed by atoms with van der Waals surface area (Å²) in [5.74, 6) is -0.397. The van der Waals surface area contributed by atoms with E-state index in [-0.39, 0.29) is 6.61 Å². The molecule has 0 aliphatic rings. The topological polar surface area (TPSA) is 78.1 Å². The van der Waals surface area contributed by atoms with E-state index in [0.29, 0.717) is 37.9 Å². The van der Waals surface area contributed by atoms with Gasteiger partial charge in [0.05, 0.1) is 34.3 Å². The molecule has 0 spiro atoms. The van der Waals surface area contributed by atoms with Gasteiger partial charge < -0.3 is 19.8 Å². The van der Waals surface area contributed by atoms with E-state index in [1.54, 1.807) is 37.3 Å². The molecule has 5 nitrogen and oxygen atoms in total. The van der Waals surface area contributed by atoms with Crippen molar-refractivity contribution in [2.24, 2.45) is 0 Å². The van der Waals surface area contributed by atoms with Crippen LogP contribution >= 0.6 is 46.4 Å². The second-order valence-electron chi connectivity index (χ2n) is 6.06. The average Bonchev–Trinajstić information content (AvgIpc) is 3.26. The van der Waals surface area contributed by atoms with E-state index in [4.69, 9.17) is 56.2 Å². The molecule has 2 heterocycles. The summed E-state index contributed by atoms with van der Waals surface area (Å²) in [6, 6.07) is 10.3. The quantitative estimate of drug-likeness (QED) is 0.292. The summed E-state index contributed by atoms with van der Waals surface area (Å²) in [7, 11) is 0. The first-order valence-corrected chi connectivity index (χ1v) is 10.1. The van der Waals surface area contributed by atoms with E-state index in [9.17, 15) is 4.79 Å². The Morgan fingerprint density at radius 3 is 2.00 bits per heavy atom. The van der Waals surface area contributed by atoms with Gasteiger partial charge in [-0.3, -0.25) is 0 Å². The van der Waals surface area contributed by atoms with E-state index in [2.05, 4.69) is 9.97 Å². The van der Waals surface area contributed by atoms with Crippen LogP contribution in [0.25, 0.3) is 21.8 Å². The summed E-state index contributed by atoms with van der Waals surface area (Å²) >= 11 is 23.6. The van der Waals surface area contributed by atoms with Crippen LogP contribution in [0.3, 0.4) is 0 Å². The van der Waals surface area contributed by atoms with Crippen molar-refractivity contribution in [3.8, 4) is 0 Å². The van der Waals surface area contributed by atoms with Crippen LogP contribution < -0.4 is 0 Å². The summed E-state index contributed by atoms with van der Waals surface area (Å²) in [4.78, 5) is 17.4. The van der Waals surface area contributed by atoms with Crippen molar-refractivity contribution < 1.29 is 14.6 Å². The number of aromatic amines is 2. The van der Waals surface area contributed by atoms with Gasteiger partial charge >= 0.3 is 5.97 Å². The molecule has 2 aromatic heterocycles. The molecule has 0 fully saturated rings. The number of H-pyrrole nitrogens is 2. The molecule has 0 radical (unpaired) electrons. The molecular formula is C20H16Cl4N2O3. The van der Waals surface area contributed by atoms with Gasteiger partial charge in [0.15, 0.2) is 0 Å². The number of aromatic nitrogens is 2. The third-order valence-corrected chi connectivity index (χ3v) is 5.04. The molecule has 0 aliphatic carbocycles. The van der Waals surface area contributed by atoms with Crippen LogP contribution in [0, 0.1) is 0 Å². The molecule has 0 saturated carbocycles. The van der Waals surface area contributed by atoms with Gasteiger partial charge in [-0.1, -0.05) is 46.4 Å². The molecule has 0 bridgehead atoms. The fourth-order valence-corrected chi connectivity index (χ4v) is 3.91. The van der Waals surface area contributed by atoms with Crippen molar-refractivity contribution in [3.63, 3.8) is 0 Å². The Morgan fingerprint density at radius 1 is 0.897 bits per heavy atom. The second kappa shape index (κ2) is 9.28. The van der Waals surface area contributed by atoms with Crippen molar-refractivity contribution in [1.29, 1.82) is 0 Å². The Balaban J connectivity index is 0.000000169. The largest absolute Gasteiger partial charge is 0.461 e. The average molecular weight is 474 g/mol. The van der Waals surface area contributed by atoms with Crippen LogP contribution in [0.1, 0.15) is 23.1 Å². The maximum atomic E-state index is 11.5. The zero-order valence-electron chi connectivity index (χ0n) is 15.2. The number of carbonyl (C=O) groups is 1. The molecule has 0 amide bonds. The highest BCUT2D eigenvalue weighted by Gasteiger charge is 2.12. The molecule has 152 valence electrons. The number of aliphatic hydroxyl groups excluding tert-OH is 1. The number of esters is 1. The lowest BCUT2D eigenvalue weighted by Crippen LogP contribution is -2.04. The highest BCUT2D eigenvalue weighted by atomic mass is 35.5. The lowest BCUT2D eigenvalue weighted by molar-refractivity contribution is 0.0520. The maximum absolute atomic E-state index is 11.5. The number of hydrogen-bond donors (Lipinski definition) is 3. The van der Waals surface area contributed by atoms with Gasteiger partial charge in [0, 0.05) is 26.5 Å². The van der Waals surface area contributed by atoms with Crippen LogP contribution in [-0.2, 0) is 11.3 Å². The zero-order valence-corrected chi connectivity index (χ0v) is 18.2. The van der Waals surface area contributed by atoms with E-state index >= 15 is 0 Å². The number of benzene rings is 2. The van der Waals surface area contributed by atoms with Crippen molar-refractivity contribution in [3.05, 3.63) is 67.9 Å². The van der Waals surface area contributed by atoms with Gasteiger partial charge in [0.25, 0.3) is 0 Å². The van der Waals surface area contributed by atoms with Gasteiger partial charge in [0.1, 0.15) is 5.69 Å². The van der Waals surface area contributed by atoms with Gasteiger partial charge in [-0.2, -0.15) is 0 Å². The van der Waals surface area contributed by atoms with Gasteiger partial charge in [0.2, 0.25) is 0 Å². The molecule has 0 unspecified atom stereocenters. The van der Waals surface area contributed by atoms with Crippen molar-refractivity contribution >= 4 is 74.2 Å². The Labute approximate surface area is 186 Å². The SMILES string of the molecule is CCOC(=O)c1cc2cc(Cl)cc(Cl)c2[nH]1.OCc1cc2cc(Cl)cc(Cl)c2[nH]1. The van der Waals surface area contributed by atoms with E-state index < -0.39 is 5.97 Å². The first-order chi connectivity index (χ1) is 13.8. The van der Waals surface area contributed by atoms with Crippen LogP contribution in [0.15, 0.2) is 36.4 Å². The summed E-state index contributed by atoms with van der Waals surface area (Å²) in [6.45, 7) is 2.07. The third-order valence-electron chi connectivity index (χ3n) is 4.01. The molecule has 2 aromatic carbocycles. The molecule has 0 saturated heterocycles. The molecule has 29 heavy (non-hydrogen) atoms. The third kappa shape index (κ3) is 5.00. The number of rotatable bonds is 3. The highest BCUT2D eigenvalue weighted by molar-refractivity contribution is 6.39. The zero-order chi connectivity index (χ0) is 21.1. The molecule has 3 N–H and O–H groups in total. The monoisotopic (exact) mass is 472 g/mol. The van der Waals surface area contributed by atoms with Gasteiger partial charge in [-0.05, 0) is 43.3 Å². The first kappa shape index (κ1) is 21.8. The smallest absolute Gasteiger partial charge is 0.354 e. The lowest BCUT2D eigenvalue weighted by atomic mass is 10.2. The highest BCUT2D eigenvalue weighted by Crippen LogP contribution is 2.29. The number of ether oxygens (including phenoxy) is 1. The number of aliphatic hydroxyl groups is 1. The number of hydrogen-bond acceptors (Lipinski definition) is 3. The number of nitrogens with one attached hydrogen (secondary N) is 2. The van der Waals surface area contributed by atoms with Crippen molar-refractivity contribution in [2.45, 2.75) is 13.5 Å². The Morgan fingerprint density at radius 2 is 1.45 bits per heavy atom. The summed E-state index contributed by atoms with van der Waals surface area (Å²) in [6.07, 6.45) is 0. The molecular weight excluding hydrogens is 458 g/mol. The molecule has 9 heteroatoms. The molecule has 0 aliphatic heterocycles. The first-order valence-electron chi connectivity index (χ1n) is 8.54. The second-order valence-corrected chi connectivity index (χ2v) is 7.75. The predicted molar refractivity (Wildman–Crippen MR) is 119 cm³/mol. The minimum Gasteiger partial charge on any atom is -0.461 e. The number of fused-ring (bicyclic) bond motifs is 2. The Bertz CT molecular complexity index is 1180. The fourth-order valence-electron chi connectivity index (χ4n) is 2.79. The van der Waals surface area contributed by atoms with Crippen LogP contribution in [0.2, 0.25) is 20.1 Å². The van der Waals surface area contributed by atoms with Crippen LogP contribution in [0.5, 0.6) is 0 Å². The van der Waals surface area contributed by atoms with Crippen LogP contribution in [-0.4, -0.2) is 27.7 Å². The predicted octanol–water partition coefficient (Wildman–Crippen LogP) is 6.62. The van der Waals surface area contributed by atoms with E-state index in [1.165, 1.54) is 0 Å². The van der Waals surface area contributed by atoms with E-state index in [1.807, 2.05) is 6.07 Å². The minimum atomic E-state index is -0.397. The number of carbonyl (C=O) groups excluding carboxylic acids is 1. The maximum Gasteiger partial charge on any atom is 0.354 e. The summed E-state index contributed by atoms with van der Waals surface area (Å²) in [5, 5.41) is 12.8. The van der Waals surface area contributed by atoms with Crippen LogP contribution in [0.4, 0.5) is 0 Å². The van der Waals surface area contributed by atoms with Gasteiger partial charge in [-0.25, -0.2) is 4.79 Å². The Hall–Kier alpha value is -1.89. The van der Waals surface area contributed by atoms with Crippen molar-refractivity contribution in [2.75, 3.05) is 6.61 Å². The summed E-state index contributed by atoms with van der Waals surface area (Å²) in [5.41, 5.74) is 2.62. The van der Waals surface area contributed by atoms with E-state index in [0.717, 1.165) is 22.0 Å². The van der Waals surface area contributed by atoms with Crippen molar-refractivity contribution in [1.82, 2.24) is 9.97 Å². The number of halogens is 4. The minimum absolute atomic E-state index is 0.0252. The molecule has 4 rings (SSSR count). The van der Waals surface area contributed by atoms with Gasteiger partial charge in [-0.15, -0.1) is 0 Å². The standard InChI is InChI=1S/C11H9Cl2NO2.C9H7Cl2NO/c1-2-16-11(15)9-4-6-3-7(12)5-8(13)10(6)14-9;10-6-1-5-2-7(4-13)12-9(5)8(11)3-6/h3-5,14H,2H2,1H3;1-3,12-13H,4H2. The molecule has 4 aromatic rings.